The molecule has 7 heteroatoms. The van der Waals surface area contributed by atoms with Crippen molar-refractivity contribution in [1.82, 2.24) is 15.2 Å². The van der Waals surface area contributed by atoms with Crippen molar-refractivity contribution in [2.75, 3.05) is 20.7 Å². The van der Waals surface area contributed by atoms with Crippen molar-refractivity contribution in [1.29, 1.82) is 0 Å². The van der Waals surface area contributed by atoms with Gasteiger partial charge in [-0.05, 0) is 6.07 Å². The Hall–Kier alpha value is -2.31. The molecule has 2 amide bonds. The van der Waals surface area contributed by atoms with Crippen molar-refractivity contribution in [3.05, 3.63) is 23.9 Å². The summed E-state index contributed by atoms with van der Waals surface area (Å²) in [5, 5.41) is 11.5. The number of nitrogens with zero attached hydrogens (tertiary/aromatic N) is 2. The topological polar surface area (TPSA) is 91.8 Å². The molecule has 1 heterocycles. The minimum absolute atomic E-state index is 0.144. The zero-order chi connectivity index (χ0) is 15.1. The zero-order valence-electron chi connectivity index (χ0n) is 11.8. The first-order chi connectivity index (χ1) is 9.45. The molecule has 0 aromatic carbocycles. The molecule has 110 valence electrons. The summed E-state index contributed by atoms with van der Waals surface area (Å²) in [6.45, 7) is 1.96. The molecule has 1 aromatic rings. The van der Waals surface area contributed by atoms with Gasteiger partial charge in [0.2, 0.25) is 5.88 Å². The SMILES string of the molecule is COc1ncccc1CNC(=O)N(C)CC(C)C(=O)O. The number of amides is 2. The number of hydrogen-bond acceptors (Lipinski definition) is 4. The van der Waals surface area contributed by atoms with Crippen LogP contribution < -0.4 is 10.1 Å². The third kappa shape index (κ3) is 4.42. The lowest BCUT2D eigenvalue weighted by Crippen LogP contribution is -2.40. The number of carboxylic acid groups (broad SMARTS) is 1. The summed E-state index contributed by atoms with van der Waals surface area (Å²) >= 11 is 0. The molecule has 1 rings (SSSR count). The lowest BCUT2D eigenvalue weighted by molar-refractivity contribution is -0.141. The normalized spacial score (nSPS) is 11.6. The third-order valence-corrected chi connectivity index (χ3v) is 2.79. The van der Waals surface area contributed by atoms with Crippen molar-refractivity contribution >= 4 is 12.0 Å². The van der Waals surface area contributed by atoms with Gasteiger partial charge < -0.3 is 20.1 Å². The van der Waals surface area contributed by atoms with Gasteiger partial charge in [0.05, 0.1) is 13.0 Å². The van der Waals surface area contributed by atoms with Crippen LogP contribution in [-0.4, -0.2) is 47.7 Å². The highest BCUT2D eigenvalue weighted by Gasteiger charge is 2.17. The van der Waals surface area contributed by atoms with E-state index in [2.05, 4.69) is 10.3 Å². The van der Waals surface area contributed by atoms with Gasteiger partial charge in [-0.1, -0.05) is 13.0 Å². The molecule has 0 bridgehead atoms. The third-order valence-electron chi connectivity index (χ3n) is 2.79. The number of methoxy groups -OCH3 is 1. The summed E-state index contributed by atoms with van der Waals surface area (Å²) < 4.78 is 5.08. The molecule has 0 spiro atoms. The van der Waals surface area contributed by atoms with Crippen molar-refractivity contribution in [2.45, 2.75) is 13.5 Å². The van der Waals surface area contributed by atoms with Crippen molar-refractivity contribution in [3.63, 3.8) is 0 Å². The Balaban J connectivity index is 2.52. The molecular weight excluding hydrogens is 262 g/mol. The fraction of sp³-hybridized carbons (Fsp3) is 0.462. The maximum atomic E-state index is 11.8. The Morgan fingerprint density at radius 2 is 2.25 bits per heavy atom. The highest BCUT2D eigenvalue weighted by molar-refractivity contribution is 5.75. The number of carbonyl (C=O) groups excluding carboxylic acids is 1. The Morgan fingerprint density at radius 1 is 1.55 bits per heavy atom. The summed E-state index contributed by atoms with van der Waals surface area (Å²) in [5.41, 5.74) is 0.753. The number of carbonyl (C=O) groups is 2. The maximum Gasteiger partial charge on any atom is 0.317 e. The second kappa shape index (κ2) is 7.32. The van der Waals surface area contributed by atoms with Gasteiger partial charge in [0, 0.05) is 31.9 Å². The van der Waals surface area contributed by atoms with Crippen LogP contribution in [0.5, 0.6) is 5.88 Å². The fourth-order valence-corrected chi connectivity index (χ4v) is 1.62. The number of aliphatic carboxylic acids is 1. The second-order valence-corrected chi connectivity index (χ2v) is 4.45. The molecule has 0 aliphatic heterocycles. The molecule has 0 saturated carbocycles. The van der Waals surface area contributed by atoms with E-state index in [1.165, 1.54) is 12.0 Å². The van der Waals surface area contributed by atoms with E-state index >= 15 is 0 Å². The molecular formula is C13H19N3O4. The number of nitrogens with one attached hydrogen (secondary N) is 1. The van der Waals surface area contributed by atoms with Crippen molar-refractivity contribution in [2.24, 2.45) is 5.92 Å². The largest absolute Gasteiger partial charge is 0.481 e. The zero-order valence-corrected chi connectivity index (χ0v) is 11.8. The number of aromatic nitrogens is 1. The number of pyridine rings is 1. The highest BCUT2D eigenvalue weighted by atomic mass is 16.5. The van der Waals surface area contributed by atoms with Crippen LogP contribution in [-0.2, 0) is 11.3 Å². The van der Waals surface area contributed by atoms with E-state index in [-0.39, 0.29) is 19.1 Å². The first-order valence-corrected chi connectivity index (χ1v) is 6.15. The molecule has 1 aromatic heterocycles. The monoisotopic (exact) mass is 281 g/mol. The van der Waals surface area contributed by atoms with Crippen LogP contribution in [0.25, 0.3) is 0 Å². The smallest absolute Gasteiger partial charge is 0.317 e. The summed E-state index contributed by atoms with van der Waals surface area (Å²) in [4.78, 5) is 27.9. The number of rotatable bonds is 6. The number of ether oxygens (including phenoxy) is 1. The molecule has 2 N–H and O–H groups in total. The Labute approximate surface area is 117 Å². The van der Waals surface area contributed by atoms with Crippen molar-refractivity contribution in [3.8, 4) is 5.88 Å². The van der Waals surface area contributed by atoms with Crippen LogP contribution in [0, 0.1) is 5.92 Å². The fourth-order valence-electron chi connectivity index (χ4n) is 1.62. The first kappa shape index (κ1) is 15.7. The standard InChI is InChI=1S/C13H19N3O4/c1-9(12(17)18)8-16(2)13(19)15-7-10-5-4-6-14-11(10)20-3/h4-6,9H,7-8H2,1-3H3,(H,15,19)(H,17,18). The Bertz CT molecular complexity index is 478. The van der Waals surface area contributed by atoms with E-state index in [1.54, 1.807) is 32.3 Å². The molecule has 0 radical (unpaired) electrons. The Kier molecular flexibility index (Phi) is 5.76. The van der Waals surface area contributed by atoms with E-state index in [4.69, 9.17) is 9.84 Å². The average Bonchev–Trinajstić information content (AvgIpc) is 2.44. The Morgan fingerprint density at radius 3 is 2.85 bits per heavy atom. The van der Waals surface area contributed by atoms with Crippen LogP contribution in [0.2, 0.25) is 0 Å². The maximum absolute atomic E-state index is 11.8. The van der Waals surface area contributed by atoms with Gasteiger partial charge in [-0.25, -0.2) is 9.78 Å². The molecule has 1 atom stereocenters. The van der Waals surface area contributed by atoms with E-state index < -0.39 is 11.9 Å². The summed E-state index contributed by atoms with van der Waals surface area (Å²) in [6.07, 6.45) is 1.60. The number of urea groups is 1. The highest BCUT2D eigenvalue weighted by Crippen LogP contribution is 2.12. The molecule has 7 nitrogen and oxygen atoms in total. The van der Waals surface area contributed by atoms with Crippen LogP contribution in [0.3, 0.4) is 0 Å². The van der Waals surface area contributed by atoms with E-state index in [0.29, 0.717) is 5.88 Å². The molecule has 1 unspecified atom stereocenters. The quantitative estimate of drug-likeness (QED) is 0.810. The van der Waals surface area contributed by atoms with E-state index in [9.17, 15) is 9.59 Å². The van der Waals surface area contributed by atoms with Gasteiger partial charge in [0.15, 0.2) is 0 Å². The van der Waals surface area contributed by atoms with Crippen LogP contribution in [0.1, 0.15) is 12.5 Å². The molecule has 0 aliphatic rings. The molecule has 20 heavy (non-hydrogen) atoms. The molecule has 0 aliphatic carbocycles. The predicted molar refractivity (Wildman–Crippen MR) is 72.5 cm³/mol. The van der Waals surface area contributed by atoms with Gasteiger partial charge >= 0.3 is 12.0 Å². The number of hydrogen-bond donors (Lipinski definition) is 2. The average molecular weight is 281 g/mol. The van der Waals surface area contributed by atoms with E-state index in [1.807, 2.05) is 0 Å². The minimum atomic E-state index is -0.932. The summed E-state index contributed by atoms with van der Waals surface area (Å²) in [7, 11) is 3.06. The van der Waals surface area contributed by atoms with Crippen molar-refractivity contribution < 1.29 is 19.4 Å². The van der Waals surface area contributed by atoms with Crippen LogP contribution in [0.4, 0.5) is 4.79 Å². The summed E-state index contributed by atoms with van der Waals surface area (Å²) in [5.74, 6) is -1.09. The van der Waals surface area contributed by atoms with Gasteiger partial charge in [0.1, 0.15) is 0 Å². The van der Waals surface area contributed by atoms with Gasteiger partial charge in [0.25, 0.3) is 0 Å². The van der Waals surface area contributed by atoms with Gasteiger partial charge in [-0.2, -0.15) is 0 Å². The molecule has 0 saturated heterocycles. The lowest BCUT2D eigenvalue weighted by atomic mass is 10.2. The van der Waals surface area contributed by atoms with Crippen LogP contribution >= 0.6 is 0 Å². The first-order valence-electron chi connectivity index (χ1n) is 6.15. The lowest BCUT2D eigenvalue weighted by Gasteiger charge is -2.20. The van der Waals surface area contributed by atoms with E-state index in [0.717, 1.165) is 5.56 Å². The predicted octanol–water partition coefficient (Wildman–Crippen LogP) is 0.952. The second-order valence-electron chi connectivity index (χ2n) is 4.45. The summed E-state index contributed by atoms with van der Waals surface area (Å²) in [6, 6.07) is 3.20. The van der Waals surface area contributed by atoms with Gasteiger partial charge in [-0.3, -0.25) is 4.79 Å². The van der Waals surface area contributed by atoms with Gasteiger partial charge in [-0.15, -0.1) is 0 Å². The minimum Gasteiger partial charge on any atom is -0.481 e. The van der Waals surface area contributed by atoms with Crippen LogP contribution in [0.15, 0.2) is 18.3 Å². The molecule has 0 fully saturated rings. The number of carboxylic acids is 1.